The van der Waals surface area contributed by atoms with Crippen molar-refractivity contribution in [2.45, 2.75) is 13.8 Å². The van der Waals surface area contributed by atoms with Gasteiger partial charge in [-0.1, -0.05) is 12.1 Å². The second-order valence-electron chi connectivity index (χ2n) is 4.91. The molecule has 0 spiro atoms. The molecule has 0 amide bonds. The Kier molecular flexibility index (Phi) is 2.86. The number of rotatable bonds is 2. The van der Waals surface area contributed by atoms with E-state index in [0.29, 0.717) is 5.82 Å². The summed E-state index contributed by atoms with van der Waals surface area (Å²) in [5, 5.41) is 0. The second-order valence-corrected chi connectivity index (χ2v) is 4.91. The number of nitrogens with two attached hydrogens (primary N) is 1. The van der Waals surface area contributed by atoms with E-state index in [1.165, 1.54) is 5.56 Å². The van der Waals surface area contributed by atoms with E-state index in [4.69, 9.17) is 10.5 Å². The summed E-state index contributed by atoms with van der Waals surface area (Å²) in [6.07, 6.45) is 0. The Hall–Kier alpha value is -2.49. The molecule has 3 aromatic rings. The fraction of sp³-hybridized carbons (Fsp3) is 0.188. The number of fused-ring (bicyclic) bond motifs is 1. The Labute approximate surface area is 117 Å². The molecule has 0 aliphatic rings. The first-order valence-electron chi connectivity index (χ1n) is 6.50. The van der Waals surface area contributed by atoms with Crippen LogP contribution in [0.2, 0.25) is 0 Å². The predicted molar refractivity (Wildman–Crippen MR) is 81.1 cm³/mol. The zero-order chi connectivity index (χ0) is 14.3. The molecule has 2 heterocycles. The van der Waals surface area contributed by atoms with Crippen molar-refractivity contribution < 1.29 is 4.74 Å². The van der Waals surface area contributed by atoms with Crippen molar-refractivity contribution in [2.75, 3.05) is 12.8 Å². The van der Waals surface area contributed by atoms with Crippen LogP contribution in [0.4, 0.5) is 5.82 Å². The molecule has 4 heteroatoms. The van der Waals surface area contributed by atoms with E-state index in [9.17, 15) is 0 Å². The van der Waals surface area contributed by atoms with E-state index in [-0.39, 0.29) is 0 Å². The molecule has 0 fully saturated rings. The van der Waals surface area contributed by atoms with Crippen molar-refractivity contribution in [2.24, 2.45) is 0 Å². The molecule has 0 saturated carbocycles. The average molecular weight is 267 g/mol. The Morgan fingerprint density at radius 2 is 1.90 bits per heavy atom. The molecule has 0 aliphatic carbocycles. The maximum Gasteiger partial charge on any atom is 0.139 e. The number of aryl methyl sites for hydroxylation is 2. The van der Waals surface area contributed by atoms with Crippen molar-refractivity contribution >= 4 is 11.5 Å². The Balaban J connectivity index is 2.32. The lowest BCUT2D eigenvalue weighted by molar-refractivity contribution is 0.416. The highest BCUT2D eigenvalue weighted by molar-refractivity contribution is 5.79. The molecule has 20 heavy (non-hydrogen) atoms. The average Bonchev–Trinajstić information content (AvgIpc) is 2.75. The number of nitrogen functional groups attached to an aromatic ring is 1. The molecule has 0 aliphatic heterocycles. The molecule has 2 aromatic heterocycles. The van der Waals surface area contributed by atoms with Gasteiger partial charge in [-0.15, -0.1) is 0 Å². The van der Waals surface area contributed by atoms with Gasteiger partial charge in [-0.3, -0.25) is 4.40 Å². The molecule has 1 aromatic carbocycles. The minimum absolute atomic E-state index is 0.641. The first-order chi connectivity index (χ1) is 9.61. The standard InChI is InChI=1S/C16H17N3O/c1-10-8-11(2)19-14(9-10)18-15(16(19)17)12-6-4-5-7-13(12)20-3/h4-9H,17H2,1-3H3. The van der Waals surface area contributed by atoms with E-state index < -0.39 is 0 Å². The minimum Gasteiger partial charge on any atom is -0.496 e. The van der Waals surface area contributed by atoms with Gasteiger partial charge in [-0.25, -0.2) is 4.98 Å². The normalized spacial score (nSPS) is 10.9. The number of imidazole rings is 1. The summed E-state index contributed by atoms with van der Waals surface area (Å²) in [4.78, 5) is 4.67. The number of methoxy groups -OCH3 is 1. The van der Waals surface area contributed by atoms with E-state index >= 15 is 0 Å². The third-order valence-corrected chi connectivity index (χ3v) is 3.45. The number of ether oxygens (including phenoxy) is 1. The lowest BCUT2D eigenvalue weighted by Gasteiger charge is -2.07. The molecule has 3 rings (SSSR count). The lowest BCUT2D eigenvalue weighted by Crippen LogP contribution is -1.98. The zero-order valence-corrected chi connectivity index (χ0v) is 11.8. The molecule has 0 saturated heterocycles. The highest BCUT2D eigenvalue weighted by Gasteiger charge is 2.16. The molecule has 2 N–H and O–H groups in total. The molecule has 102 valence electrons. The topological polar surface area (TPSA) is 52.5 Å². The monoisotopic (exact) mass is 267 g/mol. The van der Waals surface area contributed by atoms with Gasteiger partial charge in [0, 0.05) is 11.3 Å². The summed E-state index contributed by atoms with van der Waals surface area (Å²) in [6, 6.07) is 11.9. The van der Waals surface area contributed by atoms with Crippen molar-refractivity contribution in [3.8, 4) is 17.0 Å². The maximum atomic E-state index is 6.29. The van der Waals surface area contributed by atoms with E-state index in [1.54, 1.807) is 7.11 Å². The van der Waals surface area contributed by atoms with Gasteiger partial charge in [0.15, 0.2) is 0 Å². The first kappa shape index (κ1) is 12.5. The largest absolute Gasteiger partial charge is 0.496 e. The van der Waals surface area contributed by atoms with Gasteiger partial charge in [-0.05, 0) is 43.7 Å². The van der Waals surface area contributed by atoms with E-state index in [1.807, 2.05) is 41.7 Å². The number of benzene rings is 1. The third-order valence-electron chi connectivity index (χ3n) is 3.45. The van der Waals surface area contributed by atoms with Gasteiger partial charge in [-0.2, -0.15) is 0 Å². The molecular formula is C16H17N3O. The van der Waals surface area contributed by atoms with Crippen LogP contribution >= 0.6 is 0 Å². The van der Waals surface area contributed by atoms with Crippen LogP contribution in [0.5, 0.6) is 5.75 Å². The third kappa shape index (κ3) is 1.81. The van der Waals surface area contributed by atoms with Gasteiger partial charge < -0.3 is 10.5 Å². The molecule has 0 radical (unpaired) electrons. The van der Waals surface area contributed by atoms with Crippen LogP contribution in [-0.4, -0.2) is 16.5 Å². The van der Waals surface area contributed by atoms with Crippen molar-refractivity contribution in [1.29, 1.82) is 0 Å². The fourth-order valence-corrected chi connectivity index (χ4v) is 2.60. The summed E-state index contributed by atoms with van der Waals surface area (Å²) in [6.45, 7) is 4.09. The molecule has 0 atom stereocenters. The van der Waals surface area contributed by atoms with Crippen LogP contribution < -0.4 is 10.5 Å². The van der Waals surface area contributed by atoms with Crippen LogP contribution in [0.1, 0.15) is 11.3 Å². The Bertz CT molecular complexity index is 790. The van der Waals surface area contributed by atoms with Gasteiger partial charge in [0.05, 0.1) is 7.11 Å². The van der Waals surface area contributed by atoms with Gasteiger partial charge in [0.25, 0.3) is 0 Å². The number of aromatic nitrogens is 2. The van der Waals surface area contributed by atoms with Crippen LogP contribution in [0.15, 0.2) is 36.4 Å². The Morgan fingerprint density at radius 1 is 1.15 bits per heavy atom. The van der Waals surface area contributed by atoms with Crippen molar-refractivity contribution in [3.63, 3.8) is 0 Å². The maximum absolute atomic E-state index is 6.29. The molecular weight excluding hydrogens is 250 g/mol. The molecule has 0 bridgehead atoms. The number of anilines is 1. The van der Waals surface area contributed by atoms with Gasteiger partial charge in [0.1, 0.15) is 22.9 Å². The highest BCUT2D eigenvalue weighted by atomic mass is 16.5. The van der Waals surface area contributed by atoms with Crippen LogP contribution in [0, 0.1) is 13.8 Å². The summed E-state index contributed by atoms with van der Waals surface area (Å²) in [7, 11) is 1.65. The smallest absolute Gasteiger partial charge is 0.139 e. The van der Waals surface area contributed by atoms with Crippen molar-refractivity contribution in [1.82, 2.24) is 9.38 Å². The summed E-state index contributed by atoms with van der Waals surface area (Å²) >= 11 is 0. The minimum atomic E-state index is 0.641. The summed E-state index contributed by atoms with van der Waals surface area (Å²) in [5.74, 6) is 1.42. The van der Waals surface area contributed by atoms with Crippen LogP contribution in [0.3, 0.4) is 0 Å². The molecule has 4 nitrogen and oxygen atoms in total. The highest BCUT2D eigenvalue weighted by Crippen LogP contribution is 2.34. The molecule has 0 unspecified atom stereocenters. The Morgan fingerprint density at radius 3 is 2.65 bits per heavy atom. The SMILES string of the molecule is COc1ccccc1-c1nc2cc(C)cc(C)n2c1N. The summed E-state index contributed by atoms with van der Waals surface area (Å²) in [5.41, 5.74) is 11.1. The van der Waals surface area contributed by atoms with E-state index in [2.05, 4.69) is 18.0 Å². The second kappa shape index (κ2) is 4.56. The first-order valence-corrected chi connectivity index (χ1v) is 6.50. The number of para-hydroxylation sites is 1. The number of pyridine rings is 1. The van der Waals surface area contributed by atoms with Crippen molar-refractivity contribution in [3.05, 3.63) is 47.7 Å². The predicted octanol–water partition coefficient (Wildman–Crippen LogP) is 3.21. The van der Waals surface area contributed by atoms with E-state index in [0.717, 1.165) is 28.3 Å². The van der Waals surface area contributed by atoms with Crippen LogP contribution in [-0.2, 0) is 0 Å². The number of hydrogen-bond acceptors (Lipinski definition) is 3. The number of hydrogen-bond donors (Lipinski definition) is 1. The van der Waals surface area contributed by atoms with Crippen LogP contribution in [0.25, 0.3) is 16.9 Å². The zero-order valence-electron chi connectivity index (χ0n) is 11.8. The number of nitrogens with zero attached hydrogens (tertiary/aromatic N) is 2. The quantitative estimate of drug-likeness (QED) is 0.775. The fourth-order valence-electron chi connectivity index (χ4n) is 2.60. The van der Waals surface area contributed by atoms with Gasteiger partial charge in [0.2, 0.25) is 0 Å². The lowest BCUT2D eigenvalue weighted by atomic mass is 10.1. The van der Waals surface area contributed by atoms with Gasteiger partial charge >= 0.3 is 0 Å². The summed E-state index contributed by atoms with van der Waals surface area (Å²) < 4.78 is 7.37.